The van der Waals surface area contributed by atoms with Gasteiger partial charge in [-0.15, -0.1) is 10.2 Å². The first kappa shape index (κ1) is 22.7. The number of pyridine rings is 2. The molecule has 5 rings (SSSR count). The number of aryl methyl sites for hydroxylation is 2. The van der Waals surface area contributed by atoms with Gasteiger partial charge in [0, 0.05) is 38.0 Å². The van der Waals surface area contributed by atoms with Gasteiger partial charge in [0.15, 0.2) is 5.65 Å². The van der Waals surface area contributed by atoms with E-state index in [4.69, 9.17) is 0 Å². The maximum absolute atomic E-state index is 13.0. The molecule has 1 aliphatic heterocycles. The number of nitrogens with zero attached hydrogens (tertiary/aromatic N) is 7. The monoisotopic (exact) mass is 473 g/mol. The van der Waals surface area contributed by atoms with E-state index in [0.717, 1.165) is 30.6 Å². The highest BCUT2D eigenvalue weighted by Crippen LogP contribution is 2.23. The highest BCUT2D eigenvalue weighted by Gasteiger charge is 2.22. The first-order valence-corrected chi connectivity index (χ1v) is 11.5. The third-order valence-corrected chi connectivity index (χ3v) is 6.23. The zero-order chi connectivity index (χ0) is 24.5. The van der Waals surface area contributed by atoms with Crippen LogP contribution >= 0.6 is 0 Å². The highest BCUT2D eigenvalue weighted by atomic mass is 16.2. The number of anilines is 2. The molecular weight excluding hydrogens is 446 g/mol. The van der Waals surface area contributed by atoms with E-state index in [1.54, 1.807) is 40.7 Å². The average molecular weight is 474 g/mol. The third kappa shape index (κ3) is 4.90. The molecular formula is C24H27N9O2. The van der Waals surface area contributed by atoms with Gasteiger partial charge in [-0.25, -0.2) is 0 Å². The van der Waals surface area contributed by atoms with Crippen LogP contribution in [0.2, 0.25) is 0 Å². The van der Waals surface area contributed by atoms with Gasteiger partial charge >= 0.3 is 0 Å². The van der Waals surface area contributed by atoms with E-state index < -0.39 is 5.91 Å². The van der Waals surface area contributed by atoms with E-state index in [0.29, 0.717) is 35.1 Å². The second kappa shape index (κ2) is 9.26. The summed E-state index contributed by atoms with van der Waals surface area (Å²) in [6.45, 7) is 3.73. The number of nitrogens with one attached hydrogen (secondary N) is 2. The fourth-order valence-electron chi connectivity index (χ4n) is 4.37. The molecule has 11 nitrogen and oxygen atoms in total. The quantitative estimate of drug-likeness (QED) is 0.441. The molecule has 1 saturated heterocycles. The Hall–Kier alpha value is -4.12. The molecule has 0 radical (unpaired) electrons. The molecule has 2 amide bonds. The molecule has 1 fully saturated rings. The molecule has 5 heterocycles. The van der Waals surface area contributed by atoms with Gasteiger partial charge in [0.2, 0.25) is 11.7 Å². The second-order valence-corrected chi connectivity index (χ2v) is 9.05. The zero-order valence-corrected chi connectivity index (χ0v) is 19.9. The van der Waals surface area contributed by atoms with Crippen LogP contribution in [0.25, 0.3) is 16.8 Å². The minimum atomic E-state index is -0.422. The number of rotatable bonds is 6. The number of hydrogen-bond acceptors (Lipinski definition) is 7. The van der Waals surface area contributed by atoms with Gasteiger partial charge in [0.1, 0.15) is 0 Å². The van der Waals surface area contributed by atoms with Crippen LogP contribution in [0.4, 0.5) is 11.4 Å². The Balaban J connectivity index is 1.30. The Morgan fingerprint density at radius 2 is 1.97 bits per heavy atom. The fourth-order valence-corrected chi connectivity index (χ4v) is 4.37. The molecule has 0 spiro atoms. The number of aromatic nitrogens is 6. The lowest BCUT2D eigenvalue weighted by molar-refractivity contribution is -0.117. The van der Waals surface area contributed by atoms with Gasteiger partial charge < -0.3 is 15.5 Å². The van der Waals surface area contributed by atoms with Gasteiger partial charge in [0.25, 0.3) is 5.91 Å². The van der Waals surface area contributed by atoms with Gasteiger partial charge in [0.05, 0.1) is 29.5 Å². The summed E-state index contributed by atoms with van der Waals surface area (Å²) in [6.07, 6.45) is 8.51. The Morgan fingerprint density at radius 3 is 2.71 bits per heavy atom. The van der Waals surface area contributed by atoms with E-state index in [-0.39, 0.29) is 11.7 Å². The van der Waals surface area contributed by atoms with E-state index in [1.165, 1.54) is 0 Å². The van der Waals surface area contributed by atoms with Crippen LogP contribution in [0.5, 0.6) is 0 Å². The topological polar surface area (TPSA) is 122 Å². The second-order valence-electron chi connectivity index (χ2n) is 9.05. The van der Waals surface area contributed by atoms with Crippen LogP contribution in [0.3, 0.4) is 0 Å². The lowest BCUT2D eigenvalue weighted by Crippen LogP contribution is -2.20. The fraction of sp³-hybridized carbons (Fsp3) is 0.333. The zero-order valence-electron chi connectivity index (χ0n) is 19.9. The number of carbonyl (C=O) groups is 2. The standard InChI is InChI=1S/C24H27N9O2/c1-15-20(10-19(12-25-15)27-22(34)8-16-4-6-31(2)13-16)28-24(35)23-30-29-21-9-17(5-7-33(21)23)18-11-26-32(3)14-18/h5,7,9-12,14,16H,4,6,8,13H2,1-3H3,(H,27,34)(H,28,35). The van der Waals surface area contributed by atoms with E-state index >= 15 is 0 Å². The van der Waals surface area contributed by atoms with Gasteiger partial charge in [-0.1, -0.05) is 0 Å². The molecule has 180 valence electrons. The van der Waals surface area contributed by atoms with Crippen LogP contribution in [0.1, 0.15) is 29.2 Å². The Kier molecular flexibility index (Phi) is 6.00. The smallest absolute Gasteiger partial charge is 0.294 e. The first-order chi connectivity index (χ1) is 16.9. The molecule has 1 aliphatic rings. The lowest BCUT2D eigenvalue weighted by Gasteiger charge is -2.12. The van der Waals surface area contributed by atoms with Gasteiger partial charge in [-0.05, 0) is 56.6 Å². The maximum atomic E-state index is 13.0. The largest absolute Gasteiger partial charge is 0.325 e. The summed E-state index contributed by atoms with van der Waals surface area (Å²) in [5.41, 5.74) is 4.08. The van der Waals surface area contributed by atoms with Crippen molar-refractivity contribution < 1.29 is 9.59 Å². The van der Waals surface area contributed by atoms with Crippen LogP contribution in [0.15, 0.2) is 43.0 Å². The van der Waals surface area contributed by atoms with Crippen molar-refractivity contribution in [3.63, 3.8) is 0 Å². The van der Waals surface area contributed by atoms with Crippen molar-refractivity contribution in [2.75, 3.05) is 30.8 Å². The molecule has 1 unspecified atom stereocenters. The van der Waals surface area contributed by atoms with Crippen molar-refractivity contribution in [3.05, 3.63) is 54.5 Å². The predicted octanol–water partition coefficient (Wildman–Crippen LogP) is 2.37. The molecule has 0 aromatic carbocycles. The summed E-state index contributed by atoms with van der Waals surface area (Å²) < 4.78 is 3.35. The van der Waals surface area contributed by atoms with Crippen LogP contribution < -0.4 is 10.6 Å². The van der Waals surface area contributed by atoms with E-state index in [2.05, 4.69) is 42.9 Å². The molecule has 11 heteroatoms. The SMILES string of the molecule is Cc1ncc(NC(=O)CC2CCN(C)C2)cc1NC(=O)c1nnc2cc(-c3cnn(C)c3)ccn12. The molecule has 1 atom stereocenters. The van der Waals surface area contributed by atoms with Crippen LogP contribution in [-0.2, 0) is 11.8 Å². The van der Waals surface area contributed by atoms with Crippen molar-refractivity contribution >= 4 is 28.8 Å². The minimum Gasteiger partial charge on any atom is -0.325 e. The third-order valence-electron chi connectivity index (χ3n) is 6.23. The number of hydrogen-bond donors (Lipinski definition) is 2. The number of fused-ring (bicyclic) bond motifs is 1. The Bertz CT molecular complexity index is 1410. The summed E-state index contributed by atoms with van der Waals surface area (Å²) in [4.78, 5) is 32.1. The van der Waals surface area contributed by atoms with Crippen molar-refractivity contribution in [1.29, 1.82) is 0 Å². The molecule has 35 heavy (non-hydrogen) atoms. The van der Waals surface area contributed by atoms with Crippen molar-refractivity contribution in [3.8, 4) is 11.1 Å². The maximum Gasteiger partial charge on any atom is 0.294 e. The molecule has 4 aromatic rings. The molecule has 2 N–H and O–H groups in total. The van der Waals surface area contributed by atoms with Gasteiger partial charge in [-0.3, -0.25) is 23.7 Å². The predicted molar refractivity (Wildman–Crippen MR) is 131 cm³/mol. The van der Waals surface area contributed by atoms with Crippen molar-refractivity contribution in [2.45, 2.75) is 19.8 Å². The van der Waals surface area contributed by atoms with E-state index in [1.807, 2.05) is 25.4 Å². The summed E-state index contributed by atoms with van der Waals surface area (Å²) in [5.74, 6) is 0.0319. The Morgan fingerprint density at radius 1 is 1.11 bits per heavy atom. The lowest BCUT2D eigenvalue weighted by atomic mass is 10.0. The molecule has 0 bridgehead atoms. The van der Waals surface area contributed by atoms with Crippen LogP contribution in [0, 0.1) is 12.8 Å². The normalized spacial score (nSPS) is 16.0. The molecule has 4 aromatic heterocycles. The van der Waals surface area contributed by atoms with Crippen molar-refractivity contribution in [2.24, 2.45) is 13.0 Å². The Labute approximate surface area is 202 Å². The van der Waals surface area contributed by atoms with Gasteiger partial charge in [-0.2, -0.15) is 5.10 Å². The van der Waals surface area contributed by atoms with Crippen molar-refractivity contribution in [1.82, 2.24) is 34.3 Å². The number of carbonyl (C=O) groups excluding carboxylic acids is 2. The summed E-state index contributed by atoms with van der Waals surface area (Å²) in [7, 11) is 3.92. The summed E-state index contributed by atoms with van der Waals surface area (Å²) >= 11 is 0. The first-order valence-electron chi connectivity index (χ1n) is 11.5. The molecule has 0 saturated carbocycles. The number of likely N-dealkylation sites (tertiary alicyclic amines) is 1. The van der Waals surface area contributed by atoms with E-state index in [9.17, 15) is 9.59 Å². The minimum absolute atomic E-state index is 0.0545. The van der Waals surface area contributed by atoms with Crippen LogP contribution in [-0.4, -0.2) is 66.2 Å². The summed E-state index contributed by atoms with van der Waals surface area (Å²) in [6, 6.07) is 5.45. The number of amides is 2. The average Bonchev–Trinajstić information content (AvgIpc) is 3.55. The highest BCUT2D eigenvalue weighted by molar-refractivity contribution is 6.03. The molecule has 0 aliphatic carbocycles. The summed E-state index contributed by atoms with van der Waals surface area (Å²) in [5, 5.41) is 18.2.